The number of rotatable bonds is 4. The van der Waals surface area contributed by atoms with Gasteiger partial charge in [0.1, 0.15) is 0 Å². The van der Waals surface area contributed by atoms with Crippen molar-refractivity contribution in [3.05, 3.63) is 54.1 Å². The molecule has 0 unspecified atom stereocenters. The van der Waals surface area contributed by atoms with Crippen LogP contribution in [0.2, 0.25) is 0 Å². The molecule has 3 aliphatic rings. The van der Waals surface area contributed by atoms with Gasteiger partial charge in [0.25, 0.3) is 0 Å². The van der Waals surface area contributed by atoms with Gasteiger partial charge in [-0.25, -0.2) is 9.78 Å². The lowest BCUT2D eigenvalue weighted by Crippen LogP contribution is -2.54. The highest BCUT2D eigenvalue weighted by Crippen LogP contribution is 2.46. The molecule has 1 aromatic heterocycles. The van der Waals surface area contributed by atoms with E-state index < -0.39 is 0 Å². The number of hydrogen-bond acceptors (Lipinski definition) is 5. The van der Waals surface area contributed by atoms with E-state index in [2.05, 4.69) is 64.5 Å². The number of fused-ring (bicyclic) bond motifs is 1. The van der Waals surface area contributed by atoms with Crippen LogP contribution in [0.15, 0.2) is 48.5 Å². The molecule has 1 aliphatic carbocycles. The Morgan fingerprint density at radius 3 is 2.46 bits per heavy atom. The summed E-state index contributed by atoms with van der Waals surface area (Å²) in [6.45, 7) is 3.80. The molecule has 184 valence electrons. The van der Waals surface area contributed by atoms with E-state index in [0.717, 1.165) is 74.7 Å². The van der Waals surface area contributed by atoms with Crippen molar-refractivity contribution in [2.75, 3.05) is 56.7 Å². The van der Waals surface area contributed by atoms with Crippen LogP contribution in [0.5, 0.6) is 0 Å². The van der Waals surface area contributed by atoms with Crippen molar-refractivity contribution in [3.8, 4) is 0 Å². The Morgan fingerprint density at radius 1 is 1.00 bits per heavy atom. The largest absolute Gasteiger partial charge is 0.378 e. The molecule has 35 heavy (non-hydrogen) atoms. The van der Waals surface area contributed by atoms with Crippen molar-refractivity contribution in [2.45, 2.75) is 36.8 Å². The highest BCUT2D eigenvalue weighted by molar-refractivity contribution is 5.97. The third kappa shape index (κ3) is 3.85. The number of aromatic nitrogens is 2. The van der Waals surface area contributed by atoms with Gasteiger partial charge in [-0.2, -0.15) is 0 Å². The first-order valence-corrected chi connectivity index (χ1v) is 12.6. The summed E-state index contributed by atoms with van der Waals surface area (Å²) in [4.78, 5) is 27.9. The van der Waals surface area contributed by atoms with Crippen LogP contribution in [-0.2, 0) is 10.3 Å². The van der Waals surface area contributed by atoms with Gasteiger partial charge in [-0.3, -0.25) is 9.80 Å². The number of carbonyl (C=O) groups is 1. The maximum Gasteiger partial charge on any atom is 0.322 e. The van der Waals surface area contributed by atoms with E-state index in [-0.39, 0.29) is 17.1 Å². The van der Waals surface area contributed by atoms with Crippen LogP contribution < -0.4 is 15.1 Å². The second-order valence-electron chi connectivity index (χ2n) is 10.4. The summed E-state index contributed by atoms with van der Waals surface area (Å²) in [6.07, 6.45) is 3.93. The van der Waals surface area contributed by atoms with Crippen molar-refractivity contribution in [1.29, 1.82) is 0 Å². The fraction of sp³-hybridized carbons (Fsp3) is 0.481. The minimum absolute atomic E-state index is 0.00844. The van der Waals surface area contributed by atoms with E-state index in [1.165, 1.54) is 5.56 Å². The average molecular weight is 475 g/mol. The van der Waals surface area contributed by atoms with E-state index in [0.29, 0.717) is 6.54 Å². The highest BCUT2D eigenvalue weighted by Gasteiger charge is 2.50. The van der Waals surface area contributed by atoms with Crippen LogP contribution in [0.1, 0.15) is 31.2 Å². The Kier molecular flexibility index (Phi) is 5.45. The second kappa shape index (κ2) is 8.53. The molecular weight excluding hydrogens is 440 g/mol. The second-order valence-corrected chi connectivity index (χ2v) is 10.4. The number of H-pyrrole nitrogens is 1. The lowest BCUT2D eigenvalue weighted by atomic mass is 9.69. The molecule has 2 N–H and O–H groups in total. The van der Waals surface area contributed by atoms with Gasteiger partial charge in [-0.1, -0.05) is 30.3 Å². The molecule has 8 heteroatoms. The van der Waals surface area contributed by atoms with Crippen molar-refractivity contribution in [1.82, 2.24) is 20.2 Å². The number of hydrogen-bond donors (Lipinski definition) is 2. The average Bonchev–Trinajstić information content (AvgIpc) is 3.46. The maximum atomic E-state index is 13.2. The van der Waals surface area contributed by atoms with E-state index in [1.54, 1.807) is 0 Å². The molecule has 1 saturated carbocycles. The van der Waals surface area contributed by atoms with E-state index in [4.69, 9.17) is 9.72 Å². The van der Waals surface area contributed by atoms with Gasteiger partial charge in [-0.15, -0.1) is 0 Å². The number of carbonyl (C=O) groups excluding carboxylic acids is 1. The molecule has 8 nitrogen and oxygen atoms in total. The predicted octanol–water partition coefficient (Wildman–Crippen LogP) is 3.70. The molecule has 3 aromatic rings. The zero-order chi connectivity index (χ0) is 24.0. The summed E-state index contributed by atoms with van der Waals surface area (Å²) in [6, 6.07) is 16.9. The number of ether oxygens (including phenoxy) is 1. The van der Waals surface area contributed by atoms with Crippen molar-refractivity contribution >= 4 is 28.7 Å². The number of benzene rings is 2. The van der Waals surface area contributed by atoms with Gasteiger partial charge in [0.2, 0.25) is 5.95 Å². The Morgan fingerprint density at radius 2 is 1.74 bits per heavy atom. The molecule has 3 fully saturated rings. The van der Waals surface area contributed by atoms with E-state index in [9.17, 15) is 4.79 Å². The number of anilines is 2. The summed E-state index contributed by atoms with van der Waals surface area (Å²) < 4.78 is 5.46. The van der Waals surface area contributed by atoms with Crippen LogP contribution in [-0.4, -0.2) is 73.4 Å². The Labute approximate surface area is 206 Å². The quantitative estimate of drug-likeness (QED) is 0.603. The zero-order valence-corrected chi connectivity index (χ0v) is 20.6. The minimum atomic E-state index is -0.190. The molecule has 1 spiro atoms. The molecule has 2 amide bonds. The fourth-order valence-corrected chi connectivity index (χ4v) is 6.16. The predicted molar refractivity (Wildman–Crippen MR) is 138 cm³/mol. The molecule has 0 bridgehead atoms. The topological polar surface area (TPSA) is 76.7 Å². The normalized spacial score (nSPS) is 27.2. The lowest BCUT2D eigenvalue weighted by Gasteiger charge is -2.48. The molecule has 2 saturated heterocycles. The summed E-state index contributed by atoms with van der Waals surface area (Å²) in [7, 11) is 4.35. The smallest absolute Gasteiger partial charge is 0.322 e. The number of imidazole rings is 1. The first-order valence-electron chi connectivity index (χ1n) is 12.6. The zero-order valence-electron chi connectivity index (χ0n) is 20.6. The lowest BCUT2D eigenvalue weighted by molar-refractivity contribution is 0.0658. The van der Waals surface area contributed by atoms with Crippen LogP contribution >= 0.6 is 0 Å². The Hall–Kier alpha value is -3.10. The first kappa shape index (κ1) is 22.4. The van der Waals surface area contributed by atoms with Crippen LogP contribution in [0, 0.1) is 0 Å². The van der Waals surface area contributed by atoms with E-state index in [1.807, 2.05) is 23.1 Å². The van der Waals surface area contributed by atoms with Gasteiger partial charge < -0.3 is 19.9 Å². The first-order chi connectivity index (χ1) is 17.0. The third-order valence-corrected chi connectivity index (χ3v) is 8.36. The van der Waals surface area contributed by atoms with Gasteiger partial charge in [0.15, 0.2) is 0 Å². The summed E-state index contributed by atoms with van der Waals surface area (Å²) in [5, 5.41) is 3.37. The third-order valence-electron chi connectivity index (χ3n) is 8.36. The highest BCUT2D eigenvalue weighted by atomic mass is 16.5. The van der Waals surface area contributed by atoms with E-state index >= 15 is 0 Å². The number of nitrogens with zero attached hydrogens (tertiary/aromatic N) is 4. The summed E-state index contributed by atoms with van der Waals surface area (Å²) >= 11 is 0. The molecule has 0 radical (unpaired) electrons. The van der Waals surface area contributed by atoms with Gasteiger partial charge in [-0.05, 0) is 63.5 Å². The van der Waals surface area contributed by atoms with Crippen molar-refractivity contribution < 1.29 is 9.53 Å². The van der Waals surface area contributed by atoms with Gasteiger partial charge >= 0.3 is 6.03 Å². The Balaban J connectivity index is 1.21. The molecule has 2 aliphatic heterocycles. The molecule has 6 rings (SSSR count). The van der Waals surface area contributed by atoms with Gasteiger partial charge in [0, 0.05) is 24.3 Å². The number of amides is 2. The fourth-order valence-electron chi connectivity index (χ4n) is 6.16. The van der Waals surface area contributed by atoms with Crippen LogP contribution in [0.25, 0.3) is 11.0 Å². The van der Waals surface area contributed by atoms with Crippen molar-refractivity contribution in [3.63, 3.8) is 0 Å². The monoisotopic (exact) mass is 474 g/mol. The summed E-state index contributed by atoms with van der Waals surface area (Å²) in [5.41, 5.74) is 3.96. The number of aromatic amines is 1. The van der Waals surface area contributed by atoms with Gasteiger partial charge in [0.05, 0.1) is 36.3 Å². The Bertz CT molecular complexity index is 1210. The van der Waals surface area contributed by atoms with Crippen molar-refractivity contribution in [2.24, 2.45) is 0 Å². The standard InChI is InChI=1S/C27H34N6O2/c1-31(2)27(20-6-4-3-5-7-20)12-10-26(11-13-27)19-33(25(34)30-26)21-8-9-22-23(18-21)29-24(28-22)32-14-16-35-17-15-32/h3-9,18H,10-17,19H2,1-2H3,(H,28,29)(H,30,34)/t26-,27+. The summed E-state index contributed by atoms with van der Waals surface area (Å²) in [5.74, 6) is 0.871. The molecule has 3 heterocycles. The number of urea groups is 1. The number of nitrogens with one attached hydrogen (secondary N) is 2. The molecular formula is C27H34N6O2. The van der Waals surface area contributed by atoms with Crippen LogP contribution in [0.4, 0.5) is 16.4 Å². The minimum Gasteiger partial charge on any atom is -0.378 e. The number of morpholine rings is 1. The maximum absolute atomic E-state index is 13.2. The SMILES string of the molecule is CN(C)[C@]1(c2ccccc2)CC[C@]2(CC1)CN(c1ccc3[nH]c(N4CCOCC4)nc3c1)C(=O)N2. The molecule has 2 aromatic carbocycles. The van der Waals surface area contributed by atoms with Crippen LogP contribution in [0.3, 0.4) is 0 Å². The molecule has 0 atom stereocenters.